The van der Waals surface area contributed by atoms with Crippen LogP contribution in [0.5, 0.6) is 0 Å². The first kappa shape index (κ1) is 30.1. The largest absolute Gasteiger partial charge is 0.384 e. The molecule has 4 aromatic rings. The van der Waals surface area contributed by atoms with E-state index in [9.17, 15) is 0 Å². The van der Waals surface area contributed by atoms with Gasteiger partial charge in [0.1, 0.15) is 0 Å². The minimum atomic E-state index is 0.717. The Morgan fingerprint density at radius 1 is 0.683 bits per heavy atom. The lowest BCUT2D eigenvalue weighted by molar-refractivity contribution is 0.125. The van der Waals surface area contributed by atoms with Crippen LogP contribution in [0, 0.1) is 0 Å². The van der Waals surface area contributed by atoms with Crippen molar-refractivity contribution in [2.75, 3.05) is 57.7 Å². The third kappa shape index (κ3) is 9.31. The highest BCUT2D eigenvalue weighted by Gasteiger charge is 2.17. The molecule has 1 aliphatic rings. The summed E-state index contributed by atoms with van der Waals surface area (Å²) in [6, 6.07) is 24.3. The van der Waals surface area contributed by atoms with Crippen molar-refractivity contribution in [3.63, 3.8) is 0 Å². The maximum atomic E-state index is 6.13. The first-order valence-corrected chi connectivity index (χ1v) is 15.6. The Bertz CT molecular complexity index is 1320. The topological polar surface area (TPSA) is 34.6 Å². The quantitative estimate of drug-likeness (QED) is 0.157. The molecule has 0 spiro atoms. The minimum Gasteiger partial charge on any atom is -0.384 e. The van der Waals surface area contributed by atoms with Crippen molar-refractivity contribution in [2.45, 2.75) is 25.9 Å². The van der Waals surface area contributed by atoms with Crippen LogP contribution in [0.4, 0.5) is 5.69 Å². The second kappa shape index (κ2) is 15.2. The van der Waals surface area contributed by atoms with Crippen LogP contribution in [-0.4, -0.2) is 72.0 Å². The summed E-state index contributed by atoms with van der Waals surface area (Å²) in [6.07, 6.45) is 4.10. The van der Waals surface area contributed by atoms with Crippen LogP contribution in [0.1, 0.15) is 24.0 Å². The maximum absolute atomic E-state index is 6.13. The molecule has 1 fully saturated rings. The molecule has 0 bridgehead atoms. The third-order valence-electron chi connectivity index (χ3n) is 7.72. The van der Waals surface area contributed by atoms with Gasteiger partial charge in [-0.2, -0.15) is 0 Å². The molecule has 1 saturated heterocycles. The lowest BCUT2D eigenvalue weighted by Gasteiger charge is -2.35. The number of piperazine rings is 1. The van der Waals surface area contributed by atoms with Crippen LogP contribution in [0.3, 0.4) is 0 Å². The number of benzene rings is 3. The summed E-state index contributed by atoms with van der Waals surface area (Å²) in [5.74, 6) is 0. The Balaban J connectivity index is 1.02. The van der Waals surface area contributed by atoms with Crippen molar-refractivity contribution in [3.05, 3.63) is 105 Å². The van der Waals surface area contributed by atoms with Gasteiger partial charge in [-0.25, -0.2) is 0 Å². The van der Waals surface area contributed by atoms with Gasteiger partial charge in [0.15, 0.2) is 0 Å². The van der Waals surface area contributed by atoms with E-state index in [0.29, 0.717) is 0 Å². The van der Waals surface area contributed by atoms with E-state index in [1.165, 1.54) is 11.1 Å². The summed E-state index contributed by atoms with van der Waals surface area (Å²) < 4.78 is 0. The molecule has 3 aromatic carbocycles. The molecule has 0 unspecified atom stereocenters. The van der Waals surface area contributed by atoms with E-state index in [1.54, 1.807) is 0 Å². The van der Waals surface area contributed by atoms with E-state index in [2.05, 4.69) is 49.3 Å². The van der Waals surface area contributed by atoms with Gasteiger partial charge in [0, 0.05) is 84.7 Å². The maximum Gasteiger partial charge on any atom is 0.0737 e. The average Bonchev–Trinajstić information content (AvgIpc) is 2.98. The van der Waals surface area contributed by atoms with Crippen molar-refractivity contribution in [1.29, 1.82) is 0 Å². The second-order valence-electron chi connectivity index (χ2n) is 10.8. The monoisotopic (exact) mass is 609 g/mol. The van der Waals surface area contributed by atoms with Crippen LogP contribution in [-0.2, 0) is 13.1 Å². The van der Waals surface area contributed by atoms with Crippen LogP contribution in [0.15, 0.2) is 79.0 Å². The van der Waals surface area contributed by atoms with Crippen LogP contribution in [0.2, 0.25) is 15.1 Å². The SMILES string of the molecule is Clc1ccc(CN(CCCN2CCN(CCCNc3ccnc4cc(Cl)ccc34)CC2)Cc2ccc(Cl)cc2)cc1. The molecule has 216 valence electrons. The number of aromatic nitrogens is 1. The third-order valence-corrected chi connectivity index (χ3v) is 8.46. The number of fused-ring (bicyclic) bond motifs is 1. The average molecular weight is 611 g/mol. The van der Waals surface area contributed by atoms with Gasteiger partial charge in [0.2, 0.25) is 0 Å². The smallest absolute Gasteiger partial charge is 0.0737 e. The fraction of sp³-hybridized carbons (Fsp3) is 0.364. The molecular weight excluding hydrogens is 573 g/mol. The zero-order valence-electron chi connectivity index (χ0n) is 23.4. The predicted octanol–water partition coefficient (Wildman–Crippen LogP) is 7.71. The van der Waals surface area contributed by atoms with Crippen LogP contribution >= 0.6 is 34.8 Å². The van der Waals surface area contributed by atoms with Gasteiger partial charge in [0.25, 0.3) is 0 Å². The van der Waals surface area contributed by atoms with E-state index < -0.39 is 0 Å². The van der Waals surface area contributed by atoms with E-state index >= 15 is 0 Å². The fourth-order valence-electron chi connectivity index (χ4n) is 5.47. The molecule has 1 aromatic heterocycles. The van der Waals surface area contributed by atoms with Gasteiger partial charge in [-0.1, -0.05) is 59.1 Å². The molecule has 1 aliphatic heterocycles. The lowest BCUT2D eigenvalue weighted by Crippen LogP contribution is -2.47. The Morgan fingerprint density at radius 2 is 1.24 bits per heavy atom. The molecule has 0 aliphatic carbocycles. The number of hydrogen-bond acceptors (Lipinski definition) is 5. The summed E-state index contributed by atoms with van der Waals surface area (Å²) >= 11 is 18.4. The highest BCUT2D eigenvalue weighted by atomic mass is 35.5. The number of nitrogens with zero attached hydrogens (tertiary/aromatic N) is 4. The highest BCUT2D eigenvalue weighted by molar-refractivity contribution is 6.31. The highest BCUT2D eigenvalue weighted by Crippen LogP contribution is 2.24. The Labute approximate surface area is 259 Å². The molecule has 0 radical (unpaired) electrons. The molecule has 1 N–H and O–H groups in total. The number of anilines is 1. The Kier molecular flexibility index (Phi) is 11.2. The second-order valence-corrected chi connectivity index (χ2v) is 12.1. The van der Waals surface area contributed by atoms with Gasteiger partial charge in [-0.3, -0.25) is 9.88 Å². The molecule has 8 heteroatoms. The number of pyridine rings is 1. The van der Waals surface area contributed by atoms with Gasteiger partial charge in [-0.15, -0.1) is 0 Å². The lowest BCUT2D eigenvalue weighted by atomic mass is 10.1. The van der Waals surface area contributed by atoms with Crippen LogP contribution in [0.25, 0.3) is 10.9 Å². The minimum absolute atomic E-state index is 0.717. The summed E-state index contributed by atoms with van der Waals surface area (Å²) in [5.41, 5.74) is 4.62. The van der Waals surface area contributed by atoms with Crippen molar-refractivity contribution in [3.8, 4) is 0 Å². The molecule has 0 atom stereocenters. The van der Waals surface area contributed by atoms with Crippen LogP contribution < -0.4 is 5.32 Å². The van der Waals surface area contributed by atoms with E-state index in [-0.39, 0.29) is 0 Å². The molecule has 2 heterocycles. The van der Waals surface area contributed by atoms with Gasteiger partial charge in [-0.05, 0) is 85.6 Å². The summed E-state index contributed by atoms with van der Waals surface area (Å²) in [7, 11) is 0. The number of hydrogen-bond donors (Lipinski definition) is 1. The predicted molar refractivity (Wildman–Crippen MR) is 174 cm³/mol. The van der Waals surface area contributed by atoms with E-state index in [4.69, 9.17) is 34.8 Å². The zero-order valence-corrected chi connectivity index (χ0v) is 25.7. The number of rotatable bonds is 13. The fourth-order valence-corrected chi connectivity index (χ4v) is 5.88. The number of nitrogens with one attached hydrogen (secondary N) is 1. The molecular formula is C33H38Cl3N5. The molecule has 41 heavy (non-hydrogen) atoms. The molecule has 0 saturated carbocycles. The summed E-state index contributed by atoms with van der Waals surface area (Å²) in [4.78, 5) is 12.2. The summed E-state index contributed by atoms with van der Waals surface area (Å²) in [6.45, 7) is 10.6. The molecule has 5 nitrogen and oxygen atoms in total. The Hall–Kier alpha value is -2.38. The molecule has 0 amide bonds. The van der Waals surface area contributed by atoms with Crippen molar-refractivity contribution in [2.24, 2.45) is 0 Å². The number of halogens is 3. The first-order valence-electron chi connectivity index (χ1n) is 14.5. The van der Waals surface area contributed by atoms with Crippen molar-refractivity contribution >= 4 is 51.4 Å². The summed E-state index contributed by atoms with van der Waals surface area (Å²) in [5, 5.41) is 6.99. The Morgan fingerprint density at radius 3 is 1.85 bits per heavy atom. The zero-order chi connectivity index (χ0) is 28.4. The van der Waals surface area contributed by atoms with E-state index in [1.807, 2.05) is 54.7 Å². The normalized spacial score (nSPS) is 14.6. The van der Waals surface area contributed by atoms with E-state index in [0.717, 1.165) is 110 Å². The van der Waals surface area contributed by atoms with Gasteiger partial charge >= 0.3 is 0 Å². The van der Waals surface area contributed by atoms with Crippen molar-refractivity contribution in [1.82, 2.24) is 19.7 Å². The van der Waals surface area contributed by atoms with Crippen molar-refractivity contribution < 1.29 is 0 Å². The molecule has 5 rings (SSSR count). The first-order chi connectivity index (χ1) is 20.0. The standard InChI is InChI=1S/C33H38Cl3N5/c34-28-7-3-26(4-8-28)24-41(25-27-5-9-29(35)10-6-27)18-2-17-40-21-19-39(20-22-40)16-1-14-37-32-13-15-38-33-23-30(36)11-12-31(32)33/h3-13,15,23H,1-2,14,16-22,24-25H2,(H,37,38). The van der Waals surface area contributed by atoms with Gasteiger partial charge in [0.05, 0.1) is 5.52 Å². The van der Waals surface area contributed by atoms with Gasteiger partial charge < -0.3 is 15.1 Å².